The van der Waals surface area contributed by atoms with Gasteiger partial charge in [0.25, 0.3) is 0 Å². The van der Waals surface area contributed by atoms with Gasteiger partial charge < -0.3 is 10.3 Å². The fraction of sp³-hybridized carbons (Fsp3) is 0.471. The van der Waals surface area contributed by atoms with Crippen LogP contribution in [-0.2, 0) is 6.42 Å². The maximum atomic E-state index is 12.4. The van der Waals surface area contributed by atoms with Crippen LogP contribution in [0.15, 0.2) is 36.7 Å². The van der Waals surface area contributed by atoms with Gasteiger partial charge in [-0.15, -0.1) is 0 Å². The van der Waals surface area contributed by atoms with E-state index in [2.05, 4.69) is 9.55 Å². The van der Waals surface area contributed by atoms with E-state index in [9.17, 15) is 13.2 Å². The Morgan fingerprint density at radius 2 is 1.74 bits per heavy atom. The van der Waals surface area contributed by atoms with E-state index in [1.807, 2.05) is 6.20 Å². The summed E-state index contributed by atoms with van der Waals surface area (Å²) >= 11 is 0. The largest absolute Gasteiger partial charge is 0.393 e. The lowest BCUT2D eigenvalue weighted by Gasteiger charge is -2.28. The molecule has 0 radical (unpaired) electrons. The third kappa shape index (κ3) is 3.93. The Bertz CT molecular complexity index is 638. The average molecular weight is 323 g/mol. The number of hydrogen-bond acceptors (Lipinski definition) is 2. The number of benzene rings is 1. The van der Waals surface area contributed by atoms with Crippen molar-refractivity contribution in [1.29, 1.82) is 0 Å². The highest BCUT2D eigenvalue weighted by molar-refractivity contribution is 5.56. The van der Waals surface area contributed by atoms with E-state index in [0.717, 1.165) is 37.1 Å². The second-order valence-corrected chi connectivity index (χ2v) is 6.22. The standard InChI is InChI=1S/C17H20F3N3/c18-17(19,20)11-12-1-3-13(4-2-12)16-22-9-10-23(16)15-7-5-14(21)6-8-15/h1-4,9-10,14-15H,5-8,11,21H2. The minimum Gasteiger partial charge on any atom is -0.328 e. The lowest BCUT2D eigenvalue weighted by molar-refractivity contribution is -0.127. The third-order valence-corrected chi connectivity index (χ3v) is 4.42. The zero-order chi connectivity index (χ0) is 16.4. The Morgan fingerprint density at radius 1 is 1.09 bits per heavy atom. The van der Waals surface area contributed by atoms with Crippen LogP contribution in [0.3, 0.4) is 0 Å². The summed E-state index contributed by atoms with van der Waals surface area (Å²) in [4.78, 5) is 4.39. The van der Waals surface area contributed by atoms with Crippen molar-refractivity contribution in [1.82, 2.24) is 9.55 Å². The molecule has 0 aliphatic heterocycles. The SMILES string of the molecule is NC1CCC(n2ccnc2-c2ccc(CC(F)(F)F)cc2)CC1. The molecule has 0 unspecified atom stereocenters. The molecular weight excluding hydrogens is 303 g/mol. The minimum absolute atomic E-state index is 0.267. The smallest absolute Gasteiger partial charge is 0.328 e. The molecule has 1 aliphatic rings. The molecule has 1 aromatic heterocycles. The molecular formula is C17H20F3N3. The van der Waals surface area contributed by atoms with Gasteiger partial charge in [-0.1, -0.05) is 24.3 Å². The Morgan fingerprint density at radius 3 is 2.35 bits per heavy atom. The van der Waals surface area contributed by atoms with Gasteiger partial charge in [0.05, 0.1) is 6.42 Å². The fourth-order valence-electron chi connectivity index (χ4n) is 3.21. The summed E-state index contributed by atoms with van der Waals surface area (Å²) in [7, 11) is 0. The van der Waals surface area contributed by atoms with Gasteiger partial charge in [0.2, 0.25) is 0 Å². The van der Waals surface area contributed by atoms with Gasteiger partial charge in [0.15, 0.2) is 0 Å². The number of imidazole rings is 1. The molecule has 0 spiro atoms. The number of halogens is 3. The zero-order valence-corrected chi connectivity index (χ0v) is 12.8. The molecule has 1 fully saturated rings. The molecule has 1 aliphatic carbocycles. The van der Waals surface area contributed by atoms with Crippen LogP contribution in [0.1, 0.15) is 37.3 Å². The summed E-state index contributed by atoms with van der Waals surface area (Å²) in [5.74, 6) is 0.809. The molecule has 1 aromatic carbocycles. The van der Waals surface area contributed by atoms with Crippen LogP contribution in [0.5, 0.6) is 0 Å². The number of alkyl halides is 3. The van der Waals surface area contributed by atoms with E-state index in [1.165, 1.54) is 12.1 Å². The van der Waals surface area contributed by atoms with E-state index >= 15 is 0 Å². The first kappa shape index (κ1) is 16.1. The summed E-state index contributed by atoms with van der Waals surface area (Å²) in [6, 6.07) is 7.13. The highest BCUT2D eigenvalue weighted by Crippen LogP contribution is 2.32. The number of nitrogens with two attached hydrogens (primary N) is 1. The molecule has 124 valence electrons. The van der Waals surface area contributed by atoms with Crippen molar-refractivity contribution in [2.75, 3.05) is 0 Å². The molecule has 0 saturated heterocycles. The highest BCUT2D eigenvalue weighted by Gasteiger charge is 2.27. The van der Waals surface area contributed by atoms with E-state index in [0.29, 0.717) is 6.04 Å². The average Bonchev–Trinajstić information content (AvgIpc) is 2.96. The topological polar surface area (TPSA) is 43.8 Å². The summed E-state index contributed by atoms with van der Waals surface area (Å²) in [5, 5.41) is 0. The van der Waals surface area contributed by atoms with Crippen LogP contribution in [-0.4, -0.2) is 21.8 Å². The van der Waals surface area contributed by atoms with Crippen LogP contribution in [0.25, 0.3) is 11.4 Å². The van der Waals surface area contributed by atoms with Gasteiger partial charge in [0.1, 0.15) is 5.82 Å². The van der Waals surface area contributed by atoms with Crippen molar-refractivity contribution in [2.45, 2.75) is 50.4 Å². The van der Waals surface area contributed by atoms with Crippen LogP contribution in [0.4, 0.5) is 13.2 Å². The van der Waals surface area contributed by atoms with Gasteiger partial charge in [0, 0.05) is 30.0 Å². The lowest BCUT2D eigenvalue weighted by Crippen LogP contribution is -2.27. The van der Waals surface area contributed by atoms with Crippen LogP contribution < -0.4 is 5.73 Å². The molecule has 0 amide bonds. The lowest BCUT2D eigenvalue weighted by atomic mass is 9.91. The van der Waals surface area contributed by atoms with Gasteiger partial charge in [-0.05, 0) is 31.2 Å². The first-order chi connectivity index (χ1) is 10.9. The van der Waals surface area contributed by atoms with Crippen LogP contribution in [0, 0.1) is 0 Å². The van der Waals surface area contributed by atoms with Gasteiger partial charge >= 0.3 is 6.18 Å². The Kier molecular flexibility index (Phi) is 4.43. The Balaban J connectivity index is 1.79. The molecule has 6 heteroatoms. The van der Waals surface area contributed by atoms with Crippen molar-refractivity contribution in [3.63, 3.8) is 0 Å². The number of rotatable bonds is 3. The van der Waals surface area contributed by atoms with Gasteiger partial charge in [-0.25, -0.2) is 4.98 Å². The predicted octanol–water partition coefficient (Wildman–Crippen LogP) is 4.10. The van der Waals surface area contributed by atoms with Crippen molar-refractivity contribution < 1.29 is 13.2 Å². The fourth-order valence-corrected chi connectivity index (χ4v) is 3.21. The Labute approximate surface area is 133 Å². The van der Waals surface area contributed by atoms with Crippen LogP contribution in [0.2, 0.25) is 0 Å². The molecule has 0 bridgehead atoms. The van der Waals surface area contributed by atoms with Crippen molar-refractivity contribution in [3.05, 3.63) is 42.2 Å². The van der Waals surface area contributed by atoms with Gasteiger partial charge in [-0.2, -0.15) is 13.2 Å². The molecule has 1 heterocycles. The Hall–Kier alpha value is -1.82. The highest BCUT2D eigenvalue weighted by atomic mass is 19.4. The molecule has 1 saturated carbocycles. The summed E-state index contributed by atoms with van der Waals surface area (Å²) in [6.45, 7) is 0. The third-order valence-electron chi connectivity index (χ3n) is 4.42. The van der Waals surface area contributed by atoms with Gasteiger partial charge in [-0.3, -0.25) is 0 Å². The maximum absolute atomic E-state index is 12.4. The van der Waals surface area contributed by atoms with E-state index in [-0.39, 0.29) is 11.6 Å². The summed E-state index contributed by atoms with van der Waals surface area (Å²) < 4.78 is 39.4. The number of nitrogens with zero attached hydrogens (tertiary/aromatic N) is 2. The van der Waals surface area contributed by atoms with Crippen molar-refractivity contribution >= 4 is 0 Å². The van der Waals surface area contributed by atoms with Crippen LogP contribution >= 0.6 is 0 Å². The molecule has 3 nitrogen and oxygen atoms in total. The number of aromatic nitrogens is 2. The second-order valence-electron chi connectivity index (χ2n) is 6.22. The number of hydrogen-bond donors (Lipinski definition) is 1. The zero-order valence-electron chi connectivity index (χ0n) is 12.8. The van der Waals surface area contributed by atoms with Crippen molar-refractivity contribution in [3.8, 4) is 11.4 Å². The maximum Gasteiger partial charge on any atom is 0.393 e. The van der Waals surface area contributed by atoms with E-state index in [4.69, 9.17) is 5.73 Å². The molecule has 2 aromatic rings. The normalized spacial score (nSPS) is 22.3. The minimum atomic E-state index is -4.18. The quantitative estimate of drug-likeness (QED) is 0.924. The summed E-state index contributed by atoms with van der Waals surface area (Å²) in [5.41, 5.74) is 7.06. The predicted molar refractivity (Wildman–Crippen MR) is 82.9 cm³/mol. The molecule has 3 rings (SSSR count). The molecule has 0 atom stereocenters. The summed E-state index contributed by atoms with van der Waals surface area (Å²) in [6.07, 6.45) is 2.62. The van der Waals surface area contributed by atoms with Crippen molar-refractivity contribution in [2.24, 2.45) is 5.73 Å². The van der Waals surface area contributed by atoms with E-state index < -0.39 is 12.6 Å². The molecule has 2 N–H and O–H groups in total. The first-order valence-electron chi connectivity index (χ1n) is 7.87. The van der Waals surface area contributed by atoms with E-state index in [1.54, 1.807) is 18.3 Å². The second kappa shape index (κ2) is 6.35. The monoisotopic (exact) mass is 323 g/mol. The first-order valence-corrected chi connectivity index (χ1v) is 7.87. The molecule has 23 heavy (non-hydrogen) atoms.